The van der Waals surface area contributed by atoms with Gasteiger partial charge < -0.3 is 19.1 Å². The molecule has 3 rings (SSSR count). The topological polar surface area (TPSA) is 48.0 Å². The predicted octanol–water partition coefficient (Wildman–Crippen LogP) is 2.43. The number of hydrogen-bond donors (Lipinski definition) is 0. The van der Waals surface area contributed by atoms with Gasteiger partial charge in [0.05, 0.1) is 26.6 Å². The molecule has 2 saturated heterocycles. The number of amides is 1. The number of carbonyl (C=O) groups excluding carboxylic acids is 1. The molecule has 0 saturated carbocycles. The number of piperidine rings is 1. The van der Waals surface area contributed by atoms with E-state index in [0.29, 0.717) is 32.9 Å². The predicted molar refractivity (Wildman–Crippen MR) is 81.1 cm³/mol. The van der Waals surface area contributed by atoms with Crippen LogP contribution in [-0.2, 0) is 20.8 Å². The Morgan fingerprint density at radius 3 is 2.59 bits per heavy atom. The van der Waals surface area contributed by atoms with Crippen LogP contribution in [0.3, 0.4) is 0 Å². The van der Waals surface area contributed by atoms with Crippen LogP contribution in [0, 0.1) is 11.8 Å². The fraction of sp³-hybridized carbons (Fsp3) is 0.471. The fourth-order valence-electron chi connectivity index (χ4n) is 3.09. The number of methoxy groups -OCH3 is 1. The number of rotatable bonds is 3. The molecule has 118 valence electrons. The summed E-state index contributed by atoms with van der Waals surface area (Å²) in [5.41, 5.74) is 2.25. The summed E-state index contributed by atoms with van der Waals surface area (Å²) in [6, 6.07) is 9.72. The van der Waals surface area contributed by atoms with Gasteiger partial charge >= 0.3 is 6.09 Å². The summed E-state index contributed by atoms with van der Waals surface area (Å²) in [6.07, 6.45) is 1.56. The van der Waals surface area contributed by atoms with Crippen LogP contribution >= 0.6 is 0 Å². The van der Waals surface area contributed by atoms with E-state index < -0.39 is 0 Å². The van der Waals surface area contributed by atoms with E-state index in [0.717, 1.165) is 5.56 Å². The average molecular weight is 303 g/mol. The van der Waals surface area contributed by atoms with Crippen LogP contribution < -0.4 is 0 Å². The lowest BCUT2D eigenvalue weighted by Crippen LogP contribution is -2.50. The summed E-state index contributed by atoms with van der Waals surface area (Å²) < 4.78 is 16.2. The van der Waals surface area contributed by atoms with Gasteiger partial charge in [-0.1, -0.05) is 30.3 Å². The molecule has 0 aromatic heterocycles. The summed E-state index contributed by atoms with van der Waals surface area (Å²) in [5.74, 6) is 0.411. The largest absolute Gasteiger partial charge is 0.504 e. The standard InChI is InChI=1S/C17H21NO4/c1-20-12-16-14-7-18(8-15(16)11-21-10-14)17(19)22-9-13-5-3-2-4-6-13/h2-6,12,14-15H,7-11H2,1H3. The van der Waals surface area contributed by atoms with Crippen LogP contribution in [-0.4, -0.2) is 44.4 Å². The maximum atomic E-state index is 12.3. The summed E-state index contributed by atoms with van der Waals surface area (Å²) >= 11 is 0. The molecule has 2 unspecified atom stereocenters. The first-order chi connectivity index (χ1) is 10.8. The fourth-order valence-corrected chi connectivity index (χ4v) is 3.09. The average Bonchev–Trinajstić information content (AvgIpc) is 2.53. The summed E-state index contributed by atoms with van der Waals surface area (Å²) in [6.45, 7) is 2.82. The minimum absolute atomic E-state index is 0.205. The quantitative estimate of drug-likeness (QED) is 0.805. The molecule has 22 heavy (non-hydrogen) atoms. The Morgan fingerprint density at radius 2 is 1.95 bits per heavy atom. The van der Waals surface area contributed by atoms with Crippen molar-refractivity contribution in [1.29, 1.82) is 0 Å². The number of benzene rings is 1. The van der Waals surface area contributed by atoms with E-state index >= 15 is 0 Å². The third-order valence-corrected chi connectivity index (χ3v) is 4.18. The van der Waals surface area contributed by atoms with Crippen LogP contribution in [0.25, 0.3) is 0 Å². The molecule has 2 aliphatic heterocycles. The Kier molecular flexibility index (Phi) is 4.63. The minimum Gasteiger partial charge on any atom is -0.504 e. The Morgan fingerprint density at radius 1 is 1.27 bits per heavy atom. The third-order valence-electron chi connectivity index (χ3n) is 4.18. The number of hydrogen-bond acceptors (Lipinski definition) is 4. The maximum Gasteiger partial charge on any atom is 0.410 e. The Balaban J connectivity index is 1.59. The molecule has 0 spiro atoms. The van der Waals surface area contributed by atoms with Crippen molar-refractivity contribution in [1.82, 2.24) is 4.90 Å². The molecular formula is C17H21NO4. The van der Waals surface area contributed by atoms with Crippen molar-refractivity contribution < 1.29 is 19.0 Å². The van der Waals surface area contributed by atoms with Crippen LogP contribution in [0.1, 0.15) is 5.56 Å². The van der Waals surface area contributed by atoms with Gasteiger partial charge in [0, 0.05) is 24.9 Å². The molecule has 2 heterocycles. The number of carbonyl (C=O) groups is 1. The van der Waals surface area contributed by atoms with Gasteiger partial charge in [-0.05, 0) is 11.1 Å². The van der Waals surface area contributed by atoms with E-state index in [1.165, 1.54) is 5.57 Å². The first-order valence-corrected chi connectivity index (χ1v) is 7.54. The normalized spacial score (nSPS) is 23.9. The second-order valence-electron chi connectivity index (χ2n) is 5.73. The van der Waals surface area contributed by atoms with Crippen molar-refractivity contribution in [3.8, 4) is 0 Å². The zero-order chi connectivity index (χ0) is 15.4. The third kappa shape index (κ3) is 3.25. The van der Waals surface area contributed by atoms with E-state index in [9.17, 15) is 4.79 Å². The maximum absolute atomic E-state index is 12.3. The van der Waals surface area contributed by atoms with E-state index in [-0.39, 0.29) is 17.9 Å². The molecule has 1 aromatic carbocycles. The Hall–Kier alpha value is -2.01. The van der Waals surface area contributed by atoms with Crippen LogP contribution in [0.2, 0.25) is 0 Å². The molecule has 2 aliphatic rings. The van der Waals surface area contributed by atoms with Crippen molar-refractivity contribution in [3.05, 3.63) is 47.7 Å². The van der Waals surface area contributed by atoms with Gasteiger partial charge in [-0.3, -0.25) is 0 Å². The first-order valence-electron chi connectivity index (χ1n) is 7.54. The Bertz CT molecular complexity index is 527. The monoisotopic (exact) mass is 303 g/mol. The van der Waals surface area contributed by atoms with Gasteiger partial charge in [-0.2, -0.15) is 0 Å². The van der Waals surface area contributed by atoms with E-state index in [4.69, 9.17) is 14.2 Å². The molecule has 0 aliphatic carbocycles. The molecular weight excluding hydrogens is 282 g/mol. The SMILES string of the molecule is COC=C1C2COCC1CN(C(=O)OCc1ccccc1)C2. The summed E-state index contributed by atoms with van der Waals surface area (Å²) in [4.78, 5) is 14.1. The number of likely N-dealkylation sites (tertiary alicyclic amines) is 1. The van der Waals surface area contributed by atoms with E-state index in [2.05, 4.69) is 0 Å². The van der Waals surface area contributed by atoms with E-state index in [1.54, 1.807) is 12.0 Å². The smallest absolute Gasteiger partial charge is 0.410 e. The Labute approximate surface area is 130 Å². The van der Waals surface area contributed by atoms with Gasteiger partial charge in [0.1, 0.15) is 6.61 Å². The molecule has 2 atom stereocenters. The minimum atomic E-state index is -0.253. The highest BCUT2D eigenvalue weighted by Gasteiger charge is 2.38. The lowest BCUT2D eigenvalue weighted by molar-refractivity contribution is -0.00665. The second kappa shape index (κ2) is 6.83. The highest BCUT2D eigenvalue weighted by atomic mass is 16.6. The van der Waals surface area contributed by atoms with Crippen molar-refractivity contribution in [2.75, 3.05) is 33.4 Å². The summed E-state index contributed by atoms with van der Waals surface area (Å²) in [5, 5.41) is 0. The lowest BCUT2D eigenvalue weighted by atomic mass is 9.83. The van der Waals surface area contributed by atoms with Gasteiger partial charge in [-0.25, -0.2) is 4.79 Å². The number of fused-ring (bicyclic) bond motifs is 2. The molecule has 2 fully saturated rings. The number of ether oxygens (including phenoxy) is 3. The van der Waals surface area contributed by atoms with Crippen molar-refractivity contribution in [2.24, 2.45) is 11.8 Å². The molecule has 0 N–H and O–H groups in total. The zero-order valence-corrected chi connectivity index (χ0v) is 12.7. The highest BCUT2D eigenvalue weighted by Crippen LogP contribution is 2.32. The zero-order valence-electron chi connectivity index (χ0n) is 12.7. The van der Waals surface area contributed by atoms with Crippen molar-refractivity contribution in [3.63, 3.8) is 0 Å². The lowest BCUT2D eigenvalue weighted by Gasteiger charge is -2.42. The van der Waals surface area contributed by atoms with Crippen molar-refractivity contribution >= 4 is 6.09 Å². The molecule has 0 radical (unpaired) electrons. The summed E-state index contributed by atoms with van der Waals surface area (Å²) in [7, 11) is 1.66. The molecule has 1 amide bonds. The molecule has 1 aromatic rings. The highest BCUT2D eigenvalue weighted by molar-refractivity contribution is 5.68. The number of nitrogens with zero attached hydrogens (tertiary/aromatic N) is 1. The van der Waals surface area contributed by atoms with Crippen LogP contribution in [0.4, 0.5) is 4.79 Å². The van der Waals surface area contributed by atoms with E-state index in [1.807, 2.05) is 36.6 Å². The first kappa shape index (κ1) is 14.9. The second-order valence-corrected chi connectivity index (χ2v) is 5.73. The molecule has 5 nitrogen and oxygen atoms in total. The van der Waals surface area contributed by atoms with Gasteiger partial charge in [0.25, 0.3) is 0 Å². The van der Waals surface area contributed by atoms with Gasteiger partial charge in [-0.15, -0.1) is 0 Å². The van der Waals surface area contributed by atoms with Crippen LogP contribution in [0.15, 0.2) is 42.2 Å². The van der Waals surface area contributed by atoms with Gasteiger partial charge in [0.15, 0.2) is 0 Å². The molecule has 2 bridgehead atoms. The van der Waals surface area contributed by atoms with Crippen molar-refractivity contribution in [2.45, 2.75) is 6.61 Å². The van der Waals surface area contributed by atoms with Crippen LogP contribution in [0.5, 0.6) is 0 Å². The molecule has 5 heteroatoms. The van der Waals surface area contributed by atoms with Gasteiger partial charge in [0.2, 0.25) is 0 Å².